The third-order valence-electron chi connectivity index (χ3n) is 16.3. The summed E-state index contributed by atoms with van der Waals surface area (Å²) in [6.45, 7) is 0. The number of rotatable bonds is 8. The van der Waals surface area contributed by atoms with Crippen molar-refractivity contribution in [2.24, 2.45) is 0 Å². The highest BCUT2D eigenvalue weighted by Crippen LogP contribution is 2.68. The second-order valence-corrected chi connectivity index (χ2v) is 19.8. The summed E-state index contributed by atoms with van der Waals surface area (Å²) in [5, 5.41) is 2.46. The minimum Gasteiger partial charge on any atom is -0.310 e. The summed E-state index contributed by atoms with van der Waals surface area (Å²) >= 11 is 0. The molecule has 1 unspecified atom stereocenters. The second-order valence-electron chi connectivity index (χ2n) is 19.8. The maximum Gasteiger partial charge on any atom is 0.0733 e. The van der Waals surface area contributed by atoms with E-state index in [1.165, 1.54) is 88.7 Å². The van der Waals surface area contributed by atoms with E-state index >= 15 is 0 Å². The first kappa shape index (κ1) is 42.2. The zero-order valence-electron chi connectivity index (χ0n) is 40.6. The van der Waals surface area contributed by atoms with E-state index in [0.717, 1.165) is 34.1 Å². The Kier molecular flexibility index (Phi) is 9.43. The molecular weight excluding hydrogens is 893 g/mol. The van der Waals surface area contributed by atoms with Gasteiger partial charge < -0.3 is 9.80 Å². The normalized spacial score (nSPS) is 14.9. The van der Waals surface area contributed by atoms with Crippen molar-refractivity contribution in [1.82, 2.24) is 0 Å². The first-order valence-corrected chi connectivity index (χ1v) is 25.8. The van der Waals surface area contributed by atoms with Gasteiger partial charge in [0.15, 0.2) is 0 Å². The number of anilines is 6. The smallest absolute Gasteiger partial charge is 0.0733 e. The van der Waals surface area contributed by atoms with Gasteiger partial charge in [-0.3, -0.25) is 0 Å². The van der Waals surface area contributed by atoms with Crippen LogP contribution in [0.4, 0.5) is 34.1 Å². The van der Waals surface area contributed by atoms with Gasteiger partial charge in [0, 0.05) is 33.8 Å². The number of nitrogens with zero attached hydrogens (tertiary/aromatic N) is 2. The summed E-state index contributed by atoms with van der Waals surface area (Å²) in [5.41, 5.74) is 23.3. The summed E-state index contributed by atoms with van der Waals surface area (Å²) in [6, 6.07) is 108. The van der Waals surface area contributed by atoms with Crippen LogP contribution < -0.4 is 9.80 Å². The summed E-state index contributed by atoms with van der Waals surface area (Å²) < 4.78 is 0. The zero-order valence-corrected chi connectivity index (χ0v) is 40.6. The summed E-state index contributed by atoms with van der Waals surface area (Å²) in [5.74, 6) is 0. The van der Waals surface area contributed by atoms with Crippen LogP contribution in [0.1, 0.15) is 44.5 Å². The van der Waals surface area contributed by atoms with Gasteiger partial charge in [-0.15, -0.1) is 0 Å². The number of fused-ring (bicyclic) bond motifs is 15. The molecule has 1 spiro atoms. The quantitative estimate of drug-likeness (QED) is 0.150. The molecule has 0 radical (unpaired) electrons. The fourth-order valence-electron chi connectivity index (χ4n) is 13.6. The Balaban J connectivity index is 1.05. The van der Waals surface area contributed by atoms with Crippen LogP contribution in [0.3, 0.4) is 0 Å². The van der Waals surface area contributed by atoms with E-state index in [4.69, 9.17) is 0 Å². The van der Waals surface area contributed by atoms with Crippen molar-refractivity contribution >= 4 is 44.9 Å². The molecule has 0 saturated heterocycles. The molecular formula is C72H48N2. The van der Waals surface area contributed by atoms with Crippen LogP contribution in [0.25, 0.3) is 44.2 Å². The van der Waals surface area contributed by atoms with Gasteiger partial charge in [-0.05, 0) is 127 Å². The maximum atomic E-state index is 2.57. The monoisotopic (exact) mass is 940 g/mol. The summed E-state index contributed by atoms with van der Waals surface area (Å²) in [7, 11) is 0. The fraction of sp³-hybridized carbons (Fsp3) is 0.0278. The van der Waals surface area contributed by atoms with Crippen LogP contribution in [-0.2, 0) is 10.8 Å². The van der Waals surface area contributed by atoms with E-state index < -0.39 is 10.8 Å². The van der Waals surface area contributed by atoms with Gasteiger partial charge >= 0.3 is 0 Å². The van der Waals surface area contributed by atoms with Gasteiger partial charge in [0.2, 0.25) is 0 Å². The summed E-state index contributed by atoms with van der Waals surface area (Å²) in [6.07, 6.45) is 0. The first-order valence-electron chi connectivity index (χ1n) is 25.8. The van der Waals surface area contributed by atoms with Crippen molar-refractivity contribution in [2.75, 3.05) is 9.80 Å². The first-order chi connectivity index (χ1) is 36.8. The van der Waals surface area contributed by atoms with E-state index in [1.807, 2.05) is 0 Å². The third kappa shape index (κ3) is 5.76. The molecule has 12 aromatic carbocycles. The van der Waals surface area contributed by atoms with Crippen molar-refractivity contribution in [3.63, 3.8) is 0 Å². The van der Waals surface area contributed by atoms with Crippen LogP contribution in [0, 0.1) is 0 Å². The Morgan fingerprint density at radius 3 is 1.11 bits per heavy atom. The third-order valence-corrected chi connectivity index (χ3v) is 16.3. The van der Waals surface area contributed by atoms with Crippen LogP contribution >= 0.6 is 0 Å². The van der Waals surface area contributed by atoms with Gasteiger partial charge in [-0.2, -0.15) is 0 Å². The van der Waals surface area contributed by atoms with Crippen molar-refractivity contribution in [3.8, 4) is 33.4 Å². The highest BCUT2D eigenvalue weighted by Gasteiger charge is 2.55. The van der Waals surface area contributed by atoms with Crippen LogP contribution in [0.5, 0.6) is 0 Å². The average Bonchev–Trinajstić information content (AvgIpc) is 4.24. The molecule has 0 N–H and O–H groups in total. The lowest BCUT2D eigenvalue weighted by Gasteiger charge is -2.35. The van der Waals surface area contributed by atoms with Crippen LogP contribution in [0.15, 0.2) is 291 Å². The van der Waals surface area contributed by atoms with Crippen molar-refractivity contribution < 1.29 is 0 Å². The minimum absolute atomic E-state index is 0.550. The molecule has 0 aromatic heterocycles. The average molecular weight is 941 g/mol. The Morgan fingerprint density at radius 1 is 0.243 bits per heavy atom. The molecule has 0 bridgehead atoms. The molecule has 0 saturated carbocycles. The number of hydrogen-bond acceptors (Lipinski definition) is 2. The highest BCUT2D eigenvalue weighted by atomic mass is 15.2. The Labute approximate surface area is 432 Å². The highest BCUT2D eigenvalue weighted by molar-refractivity contribution is 6.11. The predicted molar refractivity (Wildman–Crippen MR) is 307 cm³/mol. The Bertz CT molecular complexity index is 4050. The fourth-order valence-corrected chi connectivity index (χ4v) is 13.6. The summed E-state index contributed by atoms with van der Waals surface area (Å²) in [4.78, 5) is 5.04. The van der Waals surface area contributed by atoms with Gasteiger partial charge in [-0.25, -0.2) is 0 Å². The van der Waals surface area contributed by atoms with E-state index in [2.05, 4.69) is 301 Å². The Morgan fingerprint density at radius 2 is 0.608 bits per heavy atom. The van der Waals surface area contributed by atoms with Gasteiger partial charge in [-0.1, -0.05) is 237 Å². The molecule has 0 fully saturated rings. The second kappa shape index (κ2) is 16.5. The molecule has 1 atom stereocenters. The molecule has 0 amide bonds. The van der Waals surface area contributed by atoms with Crippen LogP contribution in [-0.4, -0.2) is 0 Å². The molecule has 0 aliphatic heterocycles. The molecule has 74 heavy (non-hydrogen) atoms. The molecule has 0 heterocycles. The largest absolute Gasteiger partial charge is 0.310 e. The SMILES string of the molecule is c1ccc(N(c2ccccc2)c2cc3ccccc3c3c2-c2ccccc2C32c3ccccc3-c3c(N(c4ccccc4)c4cccc5c4-c4ccccc4C5(c4ccccc4)c4ccccc4)cccc32)cc1. The lowest BCUT2D eigenvalue weighted by atomic mass is 9.68. The lowest BCUT2D eigenvalue weighted by molar-refractivity contribution is 0.768. The van der Waals surface area contributed by atoms with E-state index in [1.54, 1.807) is 0 Å². The topological polar surface area (TPSA) is 6.48 Å². The molecule has 3 aliphatic carbocycles. The van der Waals surface area contributed by atoms with E-state index in [9.17, 15) is 0 Å². The van der Waals surface area contributed by atoms with Crippen LogP contribution in [0.2, 0.25) is 0 Å². The zero-order chi connectivity index (χ0) is 48.8. The van der Waals surface area contributed by atoms with Gasteiger partial charge in [0.1, 0.15) is 0 Å². The number of hydrogen-bond donors (Lipinski definition) is 0. The van der Waals surface area contributed by atoms with Gasteiger partial charge in [0.05, 0.1) is 27.9 Å². The number of para-hydroxylation sites is 3. The van der Waals surface area contributed by atoms with Crippen molar-refractivity contribution in [1.29, 1.82) is 0 Å². The molecule has 2 heteroatoms. The molecule has 2 nitrogen and oxygen atoms in total. The van der Waals surface area contributed by atoms with E-state index in [-0.39, 0.29) is 0 Å². The lowest BCUT2D eigenvalue weighted by Crippen LogP contribution is -2.28. The standard InChI is InChI=1S/C72H48N2/c1-6-27-50(28-7-1)71(51-29-8-2-9-30-51)59-41-21-18-38-56(59)67-62(71)44-24-46-64(67)74(54-35-14-5-15-36-54)65-47-25-45-63-68(65)57-39-19-22-42-60(57)72(63)61-43-23-20-40-58(61)69-66(48-49-26-16-17-37-55(49)70(69)72)73(52-31-10-3-11-32-52)53-33-12-4-13-34-53/h1-48H. The maximum absolute atomic E-state index is 2.57. The number of benzene rings is 12. The van der Waals surface area contributed by atoms with E-state index in [0.29, 0.717) is 0 Å². The van der Waals surface area contributed by atoms with Gasteiger partial charge in [0.25, 0.3) is 0 Å². The predicted octanol–water partition coefficient (Wildman–Crippen LogP) is 18.5. The molecule has 3 aliphatic rings. The molecule has 346 valence electrons. The van der Waals surface area contributed by atoms with Crippen molar-refractivity contribution in [2.45, 2.75) is 10.8 Å². The molecule has 15 rings (SSSR count). The van der Waals surface area contributed by atoms with Crippen molar-refractivity contribution in [3.05, 3.63) is 336 Å². The molecule has 12 aromatic rings. The Hall–Kier alpha value is -9.50. The minimum atomic E-state index is -0.661.